The fourth-order valence-electron chi connectivity index (χ4n) is 3.90. The topological polar surface area (TPSA) is 76.1 Å². The van der Waals surface area contributed by atoms with Gasteiger partial charge in [-0.15, -0.1) is 11.8 Å². The van der Waals surface area contributed by atoms with Crippen LogP contribution in [0.2, 0.25) is 0 Å². The van der Waals surface area contributed by atoms with Crippen molar-refractivity contribution in [2.75, 3.05) is 17.7 Å². The van der Waals surface area contributed by atoms with Crippen LogP contribution >= 0.6 is 11.8 Å². The number of nitrogens with one attached hydrogen (secondary N) is 2. The fraction of sp³-hybridized carbons (Fsp3) is 0.474. The summed E-state index contributed by atoms with van der Waals surface area (Å²) in [6.45, 7) is 4.49. The average molecular weight is 409 g/mol. The standard InChI is InChI=1S/C19H21F2N3O3S/c1-19(2)8-11(5-6-27-19)24-17-15(18(26)23-24)16(28-9-14(25)22-17)12-4-3-10(20)7-13(12)21/h3-4,7,11,16H,5-6,8-9H2,1-2H3,(H,22,25)(H,23,26). The molecule has 6 nitrogen and oxygen atoms in total. The van der Waals surface area contributed by atoms with Gasteiger partial charge in [-0.3, -0.25) is 19.4 Å². The van der Waals surface area contributed by atoms with E-state index in [1.54, 1.807) is 4.68 Å². The summed E-state index contributed by atoms with van der Waals surface area (Å²) in [6, 6.07) is 3.21. The van der Waals surface area contributed by atoms with Gasteiger partial charge in [-0.25, -0.2) is 8.78 Å². The highest BCUT2D eigenvalue weighted by Crippen LogP contribution is 2.42. The summed E-state index contributed by atoms with van der Waals surface area (Å²) in [4.78, 5) is 25.1. The molecule has 3 heterocycles. The molecule has 0 spiro atoms. The van der Waals surface area contributed by atoms with Crippen molar-refractivity contribution >= 4 is 23.5 Å². The Morgan fingerprint density at radius 3 is 2.79 bits per heavy atom. The van der Waals surface area contributed by atoms with E-state index in [9.17, 15) is 18.4 Å². The Morgan fingerprint density at radius 1 is 1.29 bits per heavy atom. The first-order valence-corrected chi connectivity index (χ1v) is 10.1. The molecule has 1 fully saturated rings. The molecule has 1 aromatic heterocycles. The van der Waals surface area contributed by atoms with E-state index < -0.39 is 16.9 Å². The Labute approximate surface area is 164 Å². The zero-order chi connectivity index (χ0) is 20.1. The van der Waals surface area contributed by atoms with E-state index in [1.807, 2.05) is 13.8 Å². The number of H-pyrrole nitrogens is 1. The van der Waals surface area contributed by atoms with E-state index >= 15 is 0 Å². The van der Waals surface area contributed by atoms with Crippen LogP contribution in [0.25, 0.3) is 0 Å². The third-order valence-electron chi connectivity index (χ3n) is 5.14. The number of halogens is 2. The number of anilines is 1. The summed E-state index contributed by atoms with van der Waals surface area (Å²) in [5.74, 6) is -1.27. The van der Waals surface area contributed by atoms with Crippen molar-refractivity contribution in [3.05, 3.63) is 51.3 Å². The van der Waals surface area contributed by atoms with E-state index in [-0.39, 0.29) is 40.0 Å². The molecule has 150 valence electrons. The highest BCUT2D eigenvalue weighted by atomic mass is 32.2. The maximum Gasteiger partial charge on any atom is 0.270 e. The third kappa shape index (κ3) is 3.48. The molecular formula is C19H21F2N3O3S. The predicted octanol–water partition coefficient (Wildman–Crippen LogP) is 3.36. The van der Waals surface area contributed by atoms with E-state index in [2.05, 4.69) is 10.4 Å². The number of aromatic amines is 1. The molecule has 1 amide bonds. The number of carbonyl (C=O) groups excluding carboxylic acids is 1. The van der Waals surface area contributed by atoms with Gasteiger partial charge in [-0.1, -0.05) is 6.07 Å². The van der Waals surface area contributed by atoms with Gasteiger partial charge < -0.3 is 10.1 Å². The van der Waals surface area contributed by atoms with Gasteiger partial charge in [0.15, 0.2) is 0 Å². The van der Waals surface area contributed by atoms with Crippen molar-refractivity contribution in [2.24, 2.45) is 0 Å². The van der Waals surface area contributed by atoms with Crippen LogP contribution in [0, 0.1) is 11.6 Å². The Morgan fingerprint density at radius 2 is 2.07 bits per heavy atom. The number of rotatable bonds is 2. The Bertz CT molecular complexity index is 985. The predicted molar refractivity (Wildman–Crippen MR) is 103 cm³/mol. The number of benzene rings is 1. The van der Waals surface area contributed by atoms with Gasteiger partial charge >= 0.3 is 0 Å². The lowest BCUT2D eigenvalue weighted by Gasteiger charge is -2.36. The van der Waals surface area contributed by atoms with Gasteiger partial charge in [-0.2, -0.15) is 0 Å². The molecule has 2 aromatic rings. The quantitative estimate of drug-likeness (QED) is 0.798. The number of amides is 1. The summed E-state index contributed by atoms with van der Waals surface area (Å²) < 4.78 is 35.2. The molecule has 0 radical (unpaired) electrons. The van der Waals surface area contributed by atoms with Crippen molar-refractivity contribution in [3.63, 3.8) is 0 Å². The van der Waals surface area contributed by atoms with E-state index in [1.165, 1.54) is 6.07 Å². The SMILES string of the molecule is CC1(C)CC(n2[nH]c(=O)c3c2NC(=O)CSC3c2ccc(F)cc2F)CCO1. The zero-order valence-corrected chi connectivity index (χ0v) is 16.4. The van der Waals surface area contributed by atoms with Crippen molar-refractivity contribution < 1.29 is 18.3 Å². The van der Waals surface area contributed by atoms with Crippen LogP contribution in [-0.2, 0) is 9.53 Å². The second kappa shape index (κ2) is 7.04. The third-order valence-corrected chi connectivity index (χ3v) is 6.40. The molecular weight excluding hydrogens is 388 g/mol. The summed E-state index contributed by atoms with van der Waals surface area (Å²) in [5, 5.41) is 4.91. The lowest BCUT2D eigenvalue weighted by Crippen LogP contribution is -2.36. The van der Waals surface area contributed by atoms with Crippen LogP contribution in [0.3, 0.4) is 0 Å². The van der Waals surface area contributed by atoms with Crippen molar-refractivity contribution in [1.82, 2.24) is 9.78 Å². The highest BCUT2D eigenvalue weighted by molar-refractivity contribution is 8.00. The molecule has 4 rings (SSSR count). The normalized spacial score (nSPS) is 24.4. The Kier molecular flexibility index (Phi) is 4.83. The number of hydrogen-bond donors (Lipinski definition) is 2. The van der Waals surface area contributed by atoms with E-state index in [4.69, 9.17) is 4.74 Å². The van der Waals surface area contributed by atoms with E-state index in [0.29, 0.717) is 25.3 Å². The lowest BCUT2D eigenvalue weighted by molar-refractivity contribution is -0.113. The van der Waals surface area contributed by atoms with Gasteiger partial charge in [0.05, 0.1) is 28.2 Å². The molecule has 1 aromatic carbocycles. The minimum atomic E-state index is -0.739. The van der Waals surface area contributed by atoms with Gasteiger partial charge in [-0.05, 0) is 32.8 Å². The molecule has 2 unspecified atom stereocenters. The largest absolute Gasteiger partial charge is 0.375 e. The molecule has 2 aliphatic heterocycles. The summed E-state index contributed by atoms with van der Waals surface area (Å²) in [7, 11) is 0. The molecule has 0 saturated carbocycles. The average Bonchev–Trinajstić information content (AvgIpc) is 2.81. The molecule has 0 bridgehead atoms. The number of nitrogens with zero attached hydrogens (tertiary/aromatic N) is 1. The second-order valence-electron chi connectivity index (χ2n) is 7.73. The highest BCUT2D eigenvalue weighted by Gasteiger charge is 2.36. The van der Waals surface area contributed by atoms with Gasteiger partial charge in [0.25, 0.3) is 5.56 Å². The van der Waals surface area contributed by atoms with Crippen LogP contribution in [0.1, 0.15) is 49.1 Å². The number of ether oxygens (including phenoxy) is 1. The fourth-order valence-corrected chi connectivity index (χ4v) is 5.04. The second-order valence-corrected chi connectivity index (χ2v) is 8.83. The number of thioether (sulfide) groups is 1. The van der Waals surface area contributed by atoms with Gasteiger partial charge in [0, 0.05) is 18.2 Å². The summed E-state index contributed by atoms with van der Waals surface area (Å²) in [6.07, 6.45) is 1.34. The monoisotopic (exact) mass is 409 g/mol. The van der Waals surface area contributed by atoms with Gasteiger partial charge in [0.1, 0.15) is 17.5 Å². The molecule has 2 aliphatic rings. The maximum absolute atomic E-state index is 14.5. The van der Waals surface area contributed by atoms with Crippen molar-refractivity contribution in [2.45, 2.75) is 43.6 Å². The molecule has 2 atom stereocenters. The van der Waals surface area contributed by atoms with Crippen LogP contribution in [0.4, 0.5) is 14.6 Å². The van der Waals surface area contributed by atoms with Gasteiger partial charge in [0.2, 0.25) is 5.91 Å². The maximum atomic E-state index is 14.5. The lowest BCUT2D eigenvalue weighted by atomic mass is 9.94. The first-order chi connectivity index (χ1) is 13.2. The van der Waals surface area contributed by atoms with Crippen molar-refractivity contribution in [1.29, 1.82) is 0 Å². The van der Waals surface area contributed by atoms with E-state index in [0.717, 1.165) is 23.9 Å². The van der Waals surface area contributed by atoms with Crippen molar-refractivity contribution in [3.8, 4) is 0 Å². The zero-order valence-electron chi connectivity index (χ0n) is 15.6. The first kappa shape index (κ1) is 19.2. The first-order valence-electron chi connectivity index (χ1n) is 9.10. The smallest absolute Gasteiger partial charge is 0.270 e. The number of aromatic nitrogens is 2. The molecule has 0 aliphatic carbocycles. The molecule has 9 heteroatoms. The van der Waals surface area contributed by atoms with Crippen LogP contribution in [0.15, 0.2) is 23.0 Å². The number of carbonyl (C=O) groups is 1. The molecule has 28 heavy (non-hydrogen) atoms. The minimum Gasteiger partial charge on any atom is -0.375 e. The van der Waals surface area contributed by atoms with Crippen LogP contribution in [-0.4, -0.2) is 33.6 Å². The summed E-state index contributed by atoms with van der Waals surface area (Å²) in [5.41, 5.74) is -0.281. The number of fused-ring (bicyclic) bond motifs is 1. The van der Waals surface area contributed by atoms with Crippen LogP contribution < -0.4 is 10.9 Å². The Balaban J connectivity index is 1.82. The Hall–Kier alpha value is -2.13. The number of hydrogen-bond acceptors (Lipinski definition) is 4. The molecule has 1 saturated heterocycles. The minimum absolute atomic E-state index is 0.0644. The van der Waals surface area contributed by atoms with Crippen LogP contribution in [0.5, 0.6) is 0 Å². The molecule has 2 N–H and O–H groups in total. The summed E-state index contributed by atoms with van der Waals surface area (Å²) >= 11 is 1.15.